The first-order valence-corrected chi connectivity index (χ1v) is 6.73. The van der Waals surface area contributed by atoms with E-state index in [1.54, 1.807) is 0 Å². The molecule has 0 saturated carbocycles. The van der Waals surface area contributed by atoms with Crippen molar-refractivity contribution in [2.45, 2.75) is 46.8 Å². The van der Waals surface area contributed by atoms with Gasteiger partial charge in [0, 0.05) is 12.6 Å². The molecule has 0 saturated heterocycles. The van der Waals surface area contributed by atoms with Gasteiger partial charge in [-0.15, -0.1) is 5.10 Å². The predicted octanol–water partition coefficient (Wildman–Crippen LogP) is 2.44. The van der Waals surface area contributed by atoms with Crippen molar-refractivity contribution in [3.8, 4) is 0 Å². The summed E-state index contributed by atoms with van der Waals surface area (Å²) in [6.07, 6.45) is 2.00. The molecule has 1 aromatic heterocycles. The van der Waals surface area contributed by atoms with Crippen molar-refractivity contribution in [3.05, 3.63) is 46.8 Å². The van der Waals surface area contributed by atoms with E-state index in [1.807, 2.05) is 10.9 Å². The average Bonchev–Trinajstić information content (AvgIpc) is 2.79. The van der Waals surface area contributed by atoms with E-state index in [-0.39, 0.29) is 0 Å². The van der Waals surface area contributed by atoms with Crippen LogP contribution in [0.4, 0.5) is 0 Å². The van der Waals surface area contributed by atoms with E-state index in [0.717, 1.165) is 18.8 Å². The number of benzene rings is 1. The number of hydrogen-bond acceptors (Lipinski definition) is 3. The van der Waals surface area contributed by atoms with Gasteiger partial charge in [0.2, 0.25) is 0 Å². The zero-order valence-electron chi connectivity index (χ0n) is 12.1. The molecule has 4 heteroatoms. The van der Waals surface area contributed by atoms with Crippen LogP contribution >= 0.6 is 0 Å². The molecule has 1 heterocycles. The molecule has 0 aliphatic rings. The standard InChI is InChI=1S/C15H22N4/c1-11(2)16-8-15-10-19(18-17-15)9-14-6-5-12(3)13(4)7-14/h5-7,10-11,16H,8-9H2,1-4H3. The molecule has 0 bridgehead atoms. The minimum absolute atomic E-state index is 0.463. The Labute approximate surface area is 114 Å². The number of hydrogen-bond donors (Lipinski definition) is 1. The summed E-state index contributed by atoms with van der Waals surface area (Å²) in [5, 5.41) is 11.7. The maximum atomic E-state index is 4.17. The van der Waals surface area contributed by atoms with E-state index < -0.39 is 0 Å². The van der Waals surface area contributed by atoms with Gasteiger partial charge >= 0.3 is 0 Å². The van der Waals surface area contributed by atoms with Crippen molar-refractivity contribution in [3.63, 3.8) is 0 Å². The Bertz CT molecular complexity index is 543. The number of aryl methyl sites for hydroxylation is 2. The lowest BCUT2D eigenvalue weighted by Crippen LogP contribution is -2.21. The van der Waals surface area contributed by atoms with Crippen molar-refractivity contribution in [2.75, 3.05) is 0 Å². The van der Waals surface area contributed by atoms with Crippen LogP contribution in [0.3, 0.4) is 0 Å². The van der Waals surface area contributed by atoms with E-state index in [0.29, 0.717) is 6.04 Å². The first kappa shape index (κ1) is 13.7. The average molecular weight is 258 g/mol. The topological polar surface area (TPSA) is 42.7 Å². The number of nitrogens with zero attached hydrogens (tertiary/aromatic N) is 3. The molecule has 1 N–H and O–H groups in total. The van der Waals surface area contributed by atoms with Crippen molar-refractivity contribution in [1.29, 1.82) is 0 Å². The predicted molar refractivity (Wildman–Crippen MR) is 77.0 cm³/mol. The molecule has 0 fully saturated rings. The molecule has 0 atom stereocenters. The molecule has 19 heavy (non-hydrogen) atoms. The third-order valence-corrected chi connectivity index (χ3v) is 3.19. The molecule has 0 aliphatic heterocycles. The van der Waals surface area contributed by atoms with Gasteiger partial charge in [-0.1, -0.05) is 37.3 Å². The van der Waals surface area contributed by atoms with Crippen LogP contribution in [0, 0.1) is 13.8 Å². The van der Waals surface area contributed by atoms with Gasteiger partial charge in [-0.25, -0.2) is 4.68 Å². The van der Waals surface area contributed by atoms with Gasteiger partial charge in [-0.05, 0) is 30.5 Å². The van der Waals surface area contributed by atoms with Gasteiger partial charge in [0.1, 0.15) is 0 Å². The molecule has 2 rings (SSSR count). The Balaban J connectivity index is 2.01. The molecule has 4 nitrogen and oxygen atoms in total. The highest BCUT2D eigenvalue weighted by Gasteiger charge is 2.03. The van der Waals surface area contributed by atoms with Crippen LogP contribution in [0.15, 0.2) is 24.4 Å². The van der Waals surface area contributed by atoms with Gasteiger partial charge in [-0.2, -0.15) is 0 Å². The quantitative estimate of drug-likeness (QED) is 0.895. The Morgan fingerprint density at radius 3 is 2.68 bits per heavy atom. The Kier molecular flexibility index (Phi) is 4.32. The lowest BCUT2D eigenvalue weighted by Gasteiger charge is -2.05. The fourth-order valence-corrected chi connectivity index (χ4v) is 1.89. The second-order valence-corrected chi connectivity index (χ2v) is 5.36. The van der Waals surface area contributed by atoms with Gasteiger partial charge in [-0.3, -0.25) is 0 Å². The smallest absolute Gasteiger partial charge is 0.0965 e. The van der Waals surface area contributed by atoms with Crippen LogP contribution in [0.25, 0.3) is 0 Å². The molecule has 102 valence electrons. The third kappa shape index (κ3) is 3.89. The summed E-state index contributed by atoms with van der Waals surface area (Å²) in [6.45, 7) is 10.1. The molecule has 0 spiro atoms. The van der Waals surface area contributed by atoms with Crippen LogP contribution in [0.5, 0.6) is 0 Å². The second kappa shape index (κ2) is 5.97. The van der Waals surface area contributed by atoms with Crippen molar-refractivity contribution >= 4 is 0 Å². The highest BCUT2D eigenvalue weighted by atomic mass is 15.4. The van der Waals surface area contributed by atoms with E-state index in [1.165, 1.54) is 16.7 Å². The minimum atomic E-state index is 0.463. The maximum absolute atomic E-state index is 4.17. The normalized spacial score (nSPS) is 11.2. The summed E-state index contributed by atoms with van der Waals surface area (Å²) in [6, 6.07) is 6.98. The summed E-state index contributed by atoms with van der Waals surface area (Å²) in [7, 11) is 0. The highest BCUT2D eigenvalue weighted by Crippen LogP contribution is 2.10. The molecular weight excluding hydrogens is 236 g/mol. The monoisotopic (exact) mass is 258 g/mol. The Morgan fingerprint density at radius 1 is 1.21 bits per heavy atom. The molecule has 0 radical (unpaired) electrons. The second-order valence-electron chi connectivity index (χ2n) is 5.36. The summed E-state index contributed by atoms with van der Waals surface area (Å²) in [5.41, 5.74) is 4.89. The van der Waals surface area contributed by atoms with Crippen molar-refractivity contribution in [1.82, 2.24) is 20.3 Å². The number of nitrogens with one attached hydrogen (secondary N) is 1. The zero-order chi connectivity index (χ0) is 13.8. The fourth-order valence-electron chi connectivity index (χ4n) is 1.89. The van der Waals surface area contributed by atoms with E-state index in [4.69, 9.17) is 0 Å². The first-order chi connectivity index (χ1) is 9.04. The van der Waals surface area contributed by atoms with Crippen LogP contribution in [0.1, 0.15) is 36.2 Å². The minimum Gasteiger partial charge on any atom is -0.309 e. The van der Waals surface area contributed by atoms with E-state index in [2.05, 4.69) is 61.5 Å². The zero-order valence-corrected chi connectivity index (χ0v) is 12.1. The summed E-state index contributed by atoms with van der Waals surface area (Å²) in [4.78, 5) is 0. The molecule has 0 unspecified atom stereocenters. The maximum Gasteiger partial charge on any atom is 0.0965 e. The Morgan fingerprint density at radius 2 is 2.00 bits per heavy atom. The molecule has 0 aliphatic carbocycles. The Hall–Kier alpha value is -1.68. The van der Waals surface area contributed by atoms with E-state index in [9.17, 15) is 0 Å². The van der Waals surface area contributed by atoms with Crippen molar-refractivity contribution < 1.29 is 0 Å². The summed E-state index contributed by atoms with van der Waals surface area (Å²) >= 11 is 0. The molecule has 1 aromatic carbocycles. The molecule has 2 aromatic rings. The largest absolute Gasteiger partial charge is 0.309 e. The SMILES string of the molecule is Cc1ccc(Cn2cc(CNC(C)C)nn2)cc1C. The van der Waals surface area contributed by atoms with Crippen LogP contribution < -0.4 is 5.32 Å². The number of rotatable bonds is 5. The molecular formula is C15H22N4. The lowest BCUT2D eigenvalue weighted by atomic mass is 10.1. The van der Waals surface area contributed by atoms with Gasteiger partial charge in [0.15, 0.2) is 0 Å². The van der Waals surface area contributed by atoms with E-state index >= 15 is 0 Å². The van der Waals surface area contributed by atoms with Crippen molar-refractivity contribution in [2.24, 2.45) is 0 Å². The van der Waals surface area contributed by atoms with Crippen LogP contribution in [0.2, 0.25) is 0 Å². The fraction of sp³-hybridized carbons (Fsp3) is 0.467. The number of aromatic nitrogens is 3. The van der Waals surface area contributed by atoms with Crippen LogP contribution in [-0.2, 0) is 13.1 Å². The lowest BCUT2D eigenvalue weighted by molar-refractivity contribution is 0.580. The highest BCUT2D eigenvalue weighted by molar-refractivity contribution is 5.29. The molecule has 0 amide bonds. The first-order valence-electron chi connectivity index (χ1n) is 6.73. The van der Waals surface area contributed by atoms with Gasteiger partial charge in [0.25, 0.3) is 0 Å². The third-order valence-electron chi connectivity index (χ3n) is 3.19. The summed E-state index contributed by atoms with van der Waals surface area (Å²) < 4.78 is 1.89. The van der Waals surface area contributed by atoms with Gasteiger partial charge in [0.05, 0.1) is 18.4 Å². The van der Waals surface area contributed by atoms with Gasteiger partial charge < -0.3 is 5.32 Å². The summed E-state index contributed by atoms with van der Waals surface area (Å²) in [5.74, 6) is 0. The van der Waals surface area contributed by atoms with Crippen LogP contribution in [-0.4, -0.2) is 21.0 Å².